The fourth-order valence-electron chi connectivity index (χ4n) is 2.08. The second-order valence-corrected chi connectivity index (χ2v) is 5.51. The van der Waals surface area contributed by atoms with Crippen molar-refractivity contribution in [1.82, 2.24) is 9.88 Å². The normalized spacial score (nSPS) is 16.3. The van der Waals surface area contributed by atoms with Crippen LogP contribution in [0.1, 0.15) is 25.7 Å². The molecule has 18 heavy (non-hydrogen) atoms. The van der Waals surface area contributed by atoms with Gasteiger partial charge in [-0.3, -0.25) is 9.78 Å². The van der Waals surface area contributed by atoms with Crippen LogP contribution >= 0.6 is 11.8 Å². The molecule has 0 unspecified atom stereocenters. The topological polar surface area (TPSA) is 59.2 Å². The Morgan fingerprint density at radius 2 is 2.06 bits per heavy atom. The van der Waals surface area contributed by atoms with Crippen LogP contribution < -0.4 is 5.73 Å². The molecule has 5 heteroatoms. The van der Waals surface area contributed by atoms with E-state index in [1.165, 1.54) is 24.6 Å². The van der Waals surface area contributed by atoms with Crippen LogP contribution in [0.2, 0.25) is 0 Å². The molecule has 0 radical (unpaired) electrons. The Hall–Kier alpha value is -1.23. The molecule has 1 aliphatic heterocycles. The van der Waals surface area contributed by atoms with E-state index in [9.17, 15) is 4.79 Å². The van der Waals surface area contributed by atoms with Gasteiger partial charge in [-0.1, -0.05) is 12.8 Å². The van der Waals surface area contributed by atoms with E-state index in [-0.39, 0.29) is 5.91 Å². The van der Waals surface area contributed by atoms with Crippen molar-refractivity contribution in [2.75, 3.05) is 24.6 Å². The molecule has 1 aromatic rings. The van der Waals surface area contributed by atoms with E-state index in [1.807, 2.05) is 11.0 Å². The summed E-state index contributed by atoms with van der Waals surface area (Å²) in [7, 11) is 0. The van der Waals surface area contributed by atoms with Gasteiger partial charge in [0, 0.05) is 24.2 Å². The first kappa shape index (κ1) is 13.2. The smallest absolute Gasteiger partial charge is 0.232 e. The van der Waals surface area contributed by atoms with Crippen molar-refractivity contribution >= 4 is 23.4 Å². The first-order valence-electron chi connectivity index (χ1n) is 6.37. The van der Waals surface area contributed by atoms with Gasteiger partial charge >= 0.3 is 0 Å². The Balaban J connectivity index is 1.86. The lowest BCUT2D eigenvalue weighted by Crippen LogP contribution is -2.33. The number of rotatable bonds is 3. The van der Waals surface area contributed by atoms with E-state index in [0.717, 1.165) is 30.8 Å². The summed E-state index contributed by atoms with van der Waals surface area (Å²) in [5.41, 5.74) is 6.45. The predicted molar refractivity (Wildman–Crippen MR) is 74.4 cm³/mol. The summed E-state index contributed by atoms with van der Waals surface area (Å²) in [4.78, 5) is 18.9. The standard InChI is InChI=1S/C13H19N3OS/c14-11-9-15-6-5-12(11)18-10-13(17)16-7-3-1-2-4-8-16/h5-6,9H,1-4,7-8,10,14H2. The fraction of sp³-hybridized carbons (Fsp3) is 0.538. The van der Waals surface area contributed by atoms with Gasteiger partial charge in [-0.15, -0.1) is 11.8 Å². The number of anilines is 1. The van der Waals surface area contributed by atoms with Crippen LogP contribution in [0.25, 0.3) is 0 Å². The predicted octanol–water partition coefficient (Wildman–Crippen LogP) is 2.16. The molecular weight excluding hydrogens is 246 g/mol. The Morgan fingerprint density at radius 1 is 1.33 bits per heavy atom. The third kappa shape index (κ3) is 3.63. The maximum atomic E-state index is 12.1. The van der Waals surface area contributed by atoms with E-state index in [1.54, 1.807) is 12.4 Å². The molecular formula is C13H19N3OS. The average Bonchev–Trinajstić information content (AvgIpc) is 2.66. The number of nitrogens with two attached hydrogens (primary N) is 1. The highest BCUT2D eigenvalue weighted by Crippen LogP contribution is 2.24. The second-order valence-electron chi connectivity index (χ2n) is 4.50. The highest BCUT2D eigenvalue weighted by atomic mass is 32.2. The molecule has 2 heterocycles. The molecule has 0 aliphatic carbocycles. The monoisotopic (exact) mass is 265 g/mol. The number of hydrogen-bond donors (Lipinski definition) is 1. The van der Waals surface area contributed by atoms with Gasteiger partial charge in [0.15, 0.2) is 0 Å². The molecule has 1 aliphatic rings. The Morgan fingerprint density at radius 3 is 2.72 bits per heavy atom. The lowest BCUT2D eigenvalue weighted by Gasteiger charge is -2.20. The van der Waals surface area contributed by atoms with Gasteiger partial charge < -0.3 is 10.6 Å². The zero-order chi connectivity index (χ0) is 12.8. The van der Waals surface area contributed by atoms with Gasteiger partial charge in [0.1, 0.15) is 0 Å². The van der Waals surface area contributed by atoms with Gasteiger partial charge in [-0.25, -0.2) is 0 Å². The zero-order valence-corrected chi connectivity index (χ0v) is 11.3. The highest BCUT2D eigenvalue weighted by Gasteiger charge is 2.15. The average molecular weight is 265 g/mol. The maximum Gasteiger partial charge on any atom is 0.232 e. The van der Waals surface area contributed by atoms with Crippen molar-refractivity contribution in [3.05, 3.63) is 18.5 Å². The molecule has 0 aromatic carbocycles. The molecule has 2 rings (SSSR count). The minimum Gasteiger partial charge on any atom is -0.397 e. The minimum atomic E-state index is 0.220. The highest BCUT2D eigenvalue weighted by molar-refractivity contribution is 8.00. The third-order valence-corrected chi connectivity index (χ3v) is 4.19. The summed E-state index contributed by atoms with van der Waals surface area (Å²) in [5, 5.41) is 0. The van der Waals surface area contributed by atoms with E-state index < -0.39 is 0 Å². The zero-order valence-electron chi connectivity index (χ0n) is 10.5. The second kappa shape index (κ2) is 6.64. The number of amides is 1. The van der Waals surface area contributed by atoms with Crippen LogP contribution in [-0.4, -0.2) is 34.6 Å². The Labute approximate surface area is 112 Å². The summed E-state index contributed by atoms with van der Waals surface area (Å²) in [6.07, 6.45) is 8.08. The SMILES string of the molecule is Nc1cnccc1SCC(=O)N1CCCCCC1. The largest absolute Gasteiger partial charge is 0.397 e. The number of nitrogens with zero attached hydrogens (tertiary/aromatic N) is 2. The molecule has 0 bridgehead atoms. The van der Waals surface area contributed by atoms with Crippen molar-refractivity contribution in [2.45, 2.75) is 30.6 Å². The van der Waals surface area contributed by atoms with E-state index in [4.69, 9.17) is 5.73 Å². The van der Waals surface area contributed by atoms with E-state index >= 15 is 0 Å². The minimum absolute atomic E-state index is 0.220. The summed E-state index contributed by atoms with van der Waals surface area (Å²) in [6, 6.07) is 1.86. The molecule has 0 atom stereocenters. The van der Waals surface area contributed by atoms with Crippen LogP contribution in [0.5, 0.6) is 0 Å². The van der Waals surface area contributed by atoms with Gasteiger partial charge in [0.2, 0.25) is 5.91 Å². The number of likely N-dealkylation sites (tertiary alicyclic amines) is 1. The van der Waals surface area contributed by atoms with Crippen LogP contribution in [0.15, 0.2) is 23.4 Å². The molecule has 1 fully saturated rings. The maximum absolute atomic E-state index is 12.1. The van der Waals surface area contributed by atoms with Gasteiger partial charge in [-0.2, -0.15) is 0 Å². The molecule has 1 saturated heterocycles. The molecule has 0 spiro atoms. The Kier molecular flexibility index (Phi) is 4.87. The number of thioether (sulfide) groups is 1. The number of carbonyl (C=O) groups excluding carboxylic acids is 1. The van der Waals surface area contributed by atoms with Crippen molar-refractivity contribution in [3.63, 3.8) is 0 Å². The van der Waals surface area contributed by atoms with Crippen molar-refractivity contribution in [3.8, 4) is 0 Å². The van der Waals surface area contributed by atoms with Crippen LogP contribution in [0, 0.1) is 0 Å². The fourth-order valence-corrected chi connectivity index (χ4v) is 2.91. The lowest BCUT2D eigenvalue weighted by atomic mass is 10.2. The molecule has 98 valence electrons. The number of carbonyl (C=O) groups is 1. The van der Waals surface area contributed by atoms with Crippen LogP contribution in [0.3, 0.4) is 0 Å². The van der Waals surface area contributed by atoms with Crippen LogP contribution in [0.4, 0.5) is 5.69 Å². The quantitative estimate of drug-likeness (QED) is 0.851. The molecule has 1 amide bonds. The summed E-state index contributed by atoms with van der Waals surface area (Å²) < 4.78 is 0. The number of hydrogen-bond acceptors (Lipinski definition) is 4. The summed E-state index contributed by atoms with van der Waals surface area (Å²) >= 11 is 1.50. The molecule has 4 nitrogen and oxygen atoms in total. The Bertz CT molecular complexity index is 403. The summed E-state index contributed by atoms with van der Waals surface area (Å²) in [6.45, 7) is 1.82. The molecule has 1 aromatic heterocycles. The number of nitrogen functional groups attached to an aromatic ring is 1. The van der Waals surface area contributed by atoms with Crippen LogP contribution in [-0.2, 0) is 4.79 Å². The summed E-state index contributed by atoms with van der Waals surface area (Å²) in [5.74, 6) is 0.687. The van der Waals surface area contributed by atoms with E-state index in [2.05, 4.69) is 4.98 Å². The van der Waals surface area contributed by atoms with Crippen molar-refractivity contribution < 1.29 is 4.79 Å². The molecule has 2 N–H and O–H groups in total. The van der Waals surface area contributed by atoms with E-state index in [0.29, 0.717) is 11.4 Å². The van der Waals surface area contributed by atoms with Gasteiger partial charge in [-0.05, 0) is 18.9 Å². The van der Waals surface area contributed by atoms with Gasteiger partial charge in [0.25, 0.3) is 0 Å². The lowest BCUT2D eigenvalue weighted by molar-refractivity contribution is -0.128. The third-order valence-electron chi connectivity index (χ3n) is 3.12. The first-order valence-corrected chi connectivity index (χ1v) is 7.36. The molecule has 0 saturated carbocycles. The number of aromatic nitrogens is 1. The van der Waals surface area contributed by atoms with Crippen molar-refractivity contribution in [2.24, 2.45) is 0 Å². The number of pyridine rings is 1. The van der Waals surface area contributed by atoms with Gasteiger partial charge in [0.05, 0.1) is 17.6 Å². The first-order chi connectivity index (χ1) is 8.77. The van der Waals surface area contributed by atoms with Crippen molar-refractivity contribution in [1.29, 1.82) is 0 Å².